The van der Waals surface area contributed by atoms with Crippen LogP contribution >= 0.6 is 12.2 Å². The maximum Gasteiger partial charge on any atom is 0.286 e. The Kier molecular flexibility index (Phi) is 6.91. The van der Waals surface area contributed by atoms with Gasteiger partial charge in [0, 0.05) is 12.8 Å². The second-order valence-corrected chi connectivity index (χ2v) is 6.20. The first-order chi connectivity index (χ1) is 12.5. The Bertz CT molecular complexity index is 728. The Hall–Kier alpha value is -2.67. The zero-order chi connectivity index (χ0) is 19.0. The van der Waals surface area contributed by atoms with E-state index >= 15 is 0 Å². The number of nitrogens with one attached hydrogen (secondary N) is 3. The van der Waals surface area contributed by atoms with Gasteiger partial charge in [-0.1, -0.05) is 44.2 Å². The van der Waals surface area contributed by atoms with Crippen molar-refractivity contribution in [2.75, 3.05) is 0 Å². The summed E-state index contributed by atoms with van der Waals surface area (Å²) in [6.07, 6.45) is 8.78. The molecule has 0 aliphatic heterocycles. The maximum atomic E-state index is 12.8. The van der Waals surface area contributed by atoms with E-state index in [9.17, 15) is 9.59 Å². The molecule has 2 amide bonds. The van der Waals surface area contributed by atoms with Gasteiger partial charge in [-0.05, 0) is 42.4 Å². The molecular weight excluding hydrogens is 350 g/mol. The van der Waals surface area contributed by atoms with Gasteiger partial charge in [0.2, 0.25) is 11.5 Å². The molecule has 26 heavy (non-hydrogen) atoms. The van der Waals surface area contributed by atoms with Gasteiger partial charge >= 0.3 is 0 Å². The standard InChI is InChI=1S/C19H23N3O3S/c1-3-14-8-10-15(11-9-14)25-19(12-6-5-7-13-19)17(24)21-22-18(26)20-16(23)4-2/h5-12H,3-4,13H2,1-2H3,(H,21,24)(H2,20,22,23,26). The first-order valence-corrected chi connectivity index (χ1v) is 8.92. The van der Waals surface area contributed by atoms with E-state index < -0.39 is 11.5 Å². The van der Waals surface area contributed by atoms with Gasteiger partial charge in [0.25, 0.3) is 5.91 Å². The van der Waals surface area contributed by atoms with Crippen LogP contribution in [0.4, 0.5) is 0 Å². The minimum absolute atomic E-state index is 0.0305. The molecule has 6 nitrogen and oxygen atoms in total. The molecule has 7 heteroatoms. The van der Waals surface area contributed by atoms with Crippen molar-refractivity contribution in [1.82, 2.24) is 16.2 Å². The van der Waals surface area contributed by atoms with E-state index in [4.69, 9.17) is 17.0 Å². The zero-order valence-corrected chi connectivity index (χ0v) is 15.7. The van der Waals surface area contributed by atoms with Crippen LogP contribution in [0.5, 0.6) is 5.75 Å². The van der Waals surface area contributed by atoms with E-state index in [-0.39, 0.29) is 11.0 Å². The number of amides is 2. The highest BCUT2D eigenvalue weighted by Crippen LogP contribution is 2.26. The van der Waals surface area contributed by atoms with Gasteiger partial charge in [-0.2, -0.15) is 0 Å². The van der Waals surface area contributed by atoms with Gasteiger partial charge in [0.1, 0.15) is 5.75 Å². The van der Waals surface area contributed by atoms with Crippen LogP contribution in [0, 0.1) is 0 Å². The average Bonchev–Trinajstić information content (AvgIpc) is 2.67. The summed E-state index contributed by atoms with van der Waals surface area (Å²) < 4.78 is 6.02. The molecular formula is C19H23N3O3S. The third-order valence-corrected chi connectivity index (χ3v) is 4.12. The molecule has 0 spiro atoms. The summed E-state index contributed by atoms with van der Waals surface area (Å²) >= 11 is 4.98. The quantitative estimate of drug-likeness (QED) is 0.545. The van der Waals surface area contributed by atoms with E-state index in [0.717, 1.165) is 6.42 Å². The van der Waals surface area contributed by atoms with Crippen LogP contribution in [-0.2, 0) is 16.0 Å². The Morgan fingerprint density at radius 1 is 1.15 bits per heavy atom. The SMILES string of the molecule is CCC(=O)NC(=S)NNC(=O)C1(Oc2ccc(CC)cc2)C=CC=CC1. The largest absolute Gasteiger partial charge is 0.473 e. The number of benzene rings is 1. The fourth-order valence-corrected chi connectivity index (χ4v) is 2.53. The molecule has 1 aliphatic rings. The van der Waals surface area contributed by atoms with Crippen LogP contribution in [0.3, 0.4) is 0 Å². The number of hydrazine groups is 1. The van der Waals surface area contributed by atoms with Crippen molar-refractivity contribution in [3.05, 3.63) is 54.1 Å². The summed E-state index contributed by atoms with van der Waals surface area (Å²) in [6, 6.07) is 7.63. The van der Waals surface area contributed by atoms with Crippen LogP contribution in [0.25, 0.3) is 0 Å². The lowest BCUT2D eigenvalue weighted by atomic mass is 9.94. The Morgan fingerprint density at radius 3 is 2.46 bits per heavy atom. The number of thiocarbonyl (C=S) groups is 1. The van der Waals surface area contributed by atoms with E-state index in [1.165, 1.54) is 5.56 Å². The summed E-state index contributed by atoms with van der Waals surface area (Å²) in [5.41, 5.74) is 5.04. The van der Waals surface area contributed by atoms with E-state index in [0.29, 0.717) is 18.6 Å². The van der Waals surface area contributed by atoms with Gasteiger partial charge < -0.3 is 10.1 Å². The molecule has 2 rings (SSSR count). The molecule has 3 N–H and O–H groups in total. The van der Waals surface area contributed by atoms with Gasteiger partial charge in [-0.25, -0.2) is 0 Å². The van der Waals surface area contributed by atoms with Crippen LogP contribution < -0.4 is 20.9 Å². The number of hydrogen-bond acceptors (Lipinski definition) is 4. The number of allylic oxidation sites excluding steroid dienone is 2. The molecule has 0 bridgehead atoms. The van der Waals surface area contributed by atoms with Crippen molar-refractivity contribution in [1.29, 1.82) is 0 Å². The van der Waals surface area contributed by atoms with Crippen LogP contribution in [-0.4, -0.2) is 22.5 Å². The summed E-state index contributed by atoms with van der Waals surface area (Å²) in [7, 11) is 0. The van der Waals surface area contributed by atoms with E-state index in [1.807, 2.05) is 36.4 Å². The third-order valence-electron chi connectivity index (χ3n) is 3.91. The molecule has 1 atom stereocenters. The molecule has 0 heterocycles. The second-order valence-electron chi connectivity index (χ2n) is 5.79. The molecule has 1 unspecified atom stereocenters. The minimum Gasteiger partial charge on any atom is -0.473 e. The lowest BCUT2D eigenvalue weighted by Crippen LogP contribution is -2.57. The monoisotopic (exact) mass is 373 g/mol. The molecule has 1 aromatic rings. The zero-order valence-electron chi connectivity index (χ0n) is 14.9. The number of rotatable bonds is 5. The highest BCUT2D eigenvalue weighted by atomic mass is 32.1. The van der Waals surface area contributed by atoms with Crippen molar-refractivity contribution in [3.63, 3.8) is 0 Å². The lowest BCUT2D eigenvalue weighted by Gasteiger charge is -2.31. The topological polar surface area (TPSA) is 79.5 Å². The molecule has 0 saturated carbocycles. The number of aryl methyl sites for hydroxylation is 1. The fourth-order valence-electron chi connectivity index (χ4n) is 2.36. The Labute approximate surface area is 158 Å². The third kappa shape index (κ3) is 5.16. The molecule has 1 aromatic carbocycles. The molecule has 138 valence electrons. The number of hydrogen-bond donors (Lipinski definition) is 3. The van der Waals surface area contributed by atoms with Gasteiger partial charge in [-0.15, -0.1) is 0 Å². The second kappa shape index (κ2) is 9.15. The Balaban J connectivity index is 2.06. The number of carbonyl (C=O) groups is 2. The van der Waals surface area contributed by atoms with Gasteiger partial charge in [0.05, 0.1) is 0 Å². The first kappa shape index (κ1) is 19.7. The first-order valence-electron chi connectivity index (χ1n) is 8.51. The van der Waals surface area contributed by atoms with Gasteiger partial charge in [-0.3, -0.25) is 20.4 Å². The summed E-state index contributed by atoms with van der Waals surface area (Å²) in [6.45, 7) is 3.79. The highest BCUT2D eigenvalue weighted by Gasteiger charge is 2.38. The van der Waals surface area contributed by atoms with Crippen LogP contribution in [0.2, 0.25) is 0 Å². The summed E-state index contributed by atoms with van der Waals surface area (Å²) in [5, 5.41) is 2.49. The van der Waals surface area contributed by atoms with E-state index in [1.54, 1.807) is 19.1 Å². The molecule has 1 aliphatic carbocycles. The van der Waals surface area contributed by atoms with Crippen molar-refractivity contribution in [3.8, 4) is 5.75 Å². The fraction of sp³-hybridized carbons (Fsp3) is 0.316. The van der Waals surface area contributed by atoms with Crippen molar-refractivity contribution >= 4 is 29.1 Å². The van der Waals surface area contributed by atoms with Crippen LogP contribution in [0.1, 0.15) is 32.3 Å². The number of ether oxygens (including phenoxy) is 1. The van der Waals surface area contributed by atoms with Crippen molar-refractivity contribution < 1.29 is 14.3 Å². The lowest BCUT2D eigenvalue weighted by molar-refractivity contribution is -0.133. The normalized spacial score (nSPS) is 18.1. The maximum absolute atomic E-state index is 12.8. The minimum atomic E-state index is -1.19. The summed E-state index contributed by atoms with van der Waals surface area (Å²) in [4.78, 5) is 24.1. The summed E-state index contributed by atoms with van der Waals surface area (Å²) in [5.74, 6) is -0.0517. The average molecular weight is 373 g/mol. The smallest absolute Gasteiger partial charge is 0.286 e. The van der Waals surface area contributed by atoms with Crippen molar-refractivity contribution in [2.24, 2.45) is 0 Å². The predicted octanol–water partition coefficient (Wildman–Crippen LogP) is 2.31. The van der Waals surface area contributed by atoms with Crippen molar-refractivity contribution in [2.45, 2.75) is 38.7 Å². The number of carbonyl (C=O) groups excluding carboxylic acids is 2. The predicted molar refractivity (Wildman–Crippen MR) is 104 cm³/mol. The van der Waals surface area contributed by atoms with Gasteiger partial charge in [0.15, 0.2) is 5.11 Å². The van der Waals surface area contributed by atoms with E-state index in [2.05, 4.69) is 23.1 Å². The highest BCUT2D eigenvalue weighted by molar-refractivity contribution is 7.80. The Morgan fingerprint density at radius 2 is 1.88 bits per heavy atom. The molecule has 0 radical (unpaired) electrons. The molecule has 0 fully saturated rings. The molecule has 0 aromatic heterocycles. The molecule has 0 saturated heterocycles. The van der Waals surface area contributed by atoms with Crippen LogP contribution in [0.15, 0.2) is 48.6 Å².